The highest BCUT2D eigenvalue weighted by molar-refractivity contribution is 6.14. The zero-order chi connectivity index (χ0) is 28.3. The van der Waals surface area contributed by atoms with E-state index in [0.717, 1.165) is 48.4 Å². The second-order valence-electron chi connectivity index (χ2n) is 7.78. The van der Waals surface area contributed by atoms with Gasteiger partial charge in [0.2, 0.25) is 11.5 Å². The number of nitro benzene ring substituents is 2. The Morgan fingerprint density at radius 3 is 2.36 bits per heavy atom. The van der Waals surface area contributed by atoms with Crippen LogP contribution in [0, 0.1) is 20.2 Å². The molecule has 0 bridgehead atoms. The number of non-ortho nitro benzene ring substituents is 1. The number of imide groups is 1. The predicted octanol–water partition coefficient (Wildman–Crippen LogP) is 3.19. The van der Waals surface area contributed by atoms with Crippen molar-refractivity contribution in [1.82, 2.24) is 10.2 Å². The number of methoxy groups -OCH3 is 1. The molecule has 2 aromatic carbocycles. The molecule has 3 amide bonds. The Balaban J connectivity index is 1.61. The van der Waals surface area contributed by atoms with Crippen LogP contribution in [-0.2, 0) is 16.1 Å². The molecule has 2 heterocycles. The molecule has 0 atom stereocenters. The van der Waals surface area contributed by atoms with E-state index in [1.165, 1.54) is 24.3 Å². The van der Waals surface area contributed by atoms with Crippen molar-refractivity contribution in [3.63, 3.8) is 0 Å². The lowest BCUT2D eigenvalue weighted by atomic mass is 10.1. The van der Waals surface area contributed by atoms with Crippen LogP contribution in [-0.4, -0.2) is 45.7 Å². The van der Waals surface area contributed by atoms with Crippen LogP contribution in [0.15, 0.2) is 64.7 Å². The van der Waals surface area contributed by atoms with Gasteiger partial charge >= 0.3 is 23.7 Å². The summed E-state index contributed by atoms with van der Waals surface area (Å²) in [7, 11) is 1.16. The number of hydrogen-bond donors (Lipinski definition) is 1. The van der Waals surface area contributed by atoms with Crippen molar-refractivity contribution in [2.75, 3.05) is 7.11 Å². The lowest BCUT2D eigenvalue weighted by Crippen LogP contribution is -2.30. The van der Waals surface area contributed by atoms with Gasteiger partial charge in [0, 0.05) is 23.8 Å². The van der Waals surface area contributed by atoms with Crippen molar-refractivity contribution >= 4 is 41.3 Å². The quantitative estimate of drug-likeness (QED) is 0.111. The summed E-state index contributed by atoms with van der Waals surface area (Å²) in [5.74, 6) is -3.18. The zero-order valence-electron chi connectivity index (χ0n) is 19.8. The van der Waals surface area contributed by atoms with Gasteiger partial charge in [-0.3, -0.25) is 29.9 Å². The minimum Gasteiger partial charge on any atom is -0.463 e. The summed E-state index contributed by atoms with van der Waals surface area (Å²) < 4.78 is 15.1. The third kappa shape index (κ3) is 5.46. The van der Waals surface area contributed by atoms with E-state index in [2.05, 4.69) is 10.1 Å². The average Bonchev–Trinajstić information content (AvgIpc) is 3.49. The predicted molar refractivity (Wildman–Crippen MR) is 128 cm³/mol. The smallest absolute Gasteiger partial charge is 0.373 e. The number of ether oxygens (including phenoxy) is 2. The summed E-state index contributed by atoms with van der Waals surface area (Å²) in [6, 6.07) is 9.88. The molecule has 0 aliphatic carbocycles. The number of rotatable bonds is 8. The van der Waals surface area contributed by atoms with E-state index in [1.54, 1.807) is 0 Å². The Morgan fingerprint density at radius 2 is 1.72 bits per heavy atom. The molecule has 0 radical (unpaired) electrons. The van der Waals surface area contributed by atoms with Crippen LogP contribution in [0.4, 0.5) is 16.2 Å². The number of hydrogen-bond acceptors (Lipinski definition) is 11. The largest absolute Gasteiger partial charge is 0.463 e. The summed E-state index contributed by atoms with van der Waals surface area (Å²) >= 11 is 0. The Hall–Kier alpha value is -5.86. The fraction of sp³-hybridized carbons (Fsp3) is 0.0833. The number of esters is 2. The van der Waals surface area contributed by atoms with Crippen LogP contribution in [0.25, 0.3) is 6.08 Å². The number of carbonyl (C=O) groups is 4. The Bertz CT molecular complexity index is 1560. The monoisotopic (exact) mass is 536 g/mol. The van der Waals surface area contributed by atoms with E-state index in [1.807, 2.05) is 0 Å². The average molecular weight is 536 g/mol. The normalized spacial score (nSPS) is 13.8. The Labute approximate surface area is 217 Å². The molecule has 39 heavy (non-hydrogen) atoms. The molecule has 0 saturated carbocycles. The molecule has 1 N–H and O–H groups in total. The highest BCUT2D eigenvalue weighted by Crippen LogP contribution is 2.34. The van der Waals surface area contributed by atoms with E-state index in [0.29, 0.717) is 0 Å². The van der Waals surface area contributed by atoms with Crippen LogP contribution < -0.4 is 10.1 Å². The van der Waals surface area contributed by atoms with Gasteiger partial charge < -0.3 is 19.2 Å². The van der Waals surface area contributed by atoms with Crippen molar-refractivity contribution in [2.45, 2.75) is 6.54 Å². The lowest BCUT2D eigenvalue weighted by Gasteiger charge is -2.10. The second kappa shape index (κ2) is 10.6. The molecule has 1 saturated heterocycles. The van der Waals surface area contributed by atoms with Crippen LogP contribution >= 0.6 is 0 Å². The number of nitrogens with one attached hydrogen (secondary N) is 1. The molecule has 4 rings (SSSR count). The third-order valence-corrected chi connectivity index (χ3v) is 5.35. The number of carbonyl (C=O) groups excluding carboxylic acids is 4. The molecular formula is C24H16N4O11. The highest BCUT2D eigenvalue weighted by Gasteiger charge is 2.35. The number of urea groups is 1. The zero-order valence-corrected chi connectivity index (χ0v) is 19.8. The van der Waals surface area contributed by atoms with Crippen LogP contribution in [0.3, 0.4) is 0 Å². The van der Waals surface area contributed by atoms with Crippen molar-refractivity contribution < 1.29 is 42.9 Å². The molecule has 1 aliphatic rings. The first-order valence-electron chi connectivity index (χ1n) is 10.8. The maximum absolute atomic E-state index is 12.9. The van der Waals surface area contributed by atoms with Crippen LogP contribution in [0.1, 0.15) is 32.2 Å². The molecule has 0 spiro atoms. The fourth-order valence-electron chi connectivity index (χ4n) is 3.48. The minimum absolute atomic E-state index is 0.0871. The van der Waals surface area contributed by atoms with Gasteiger partial charge in [0.15, 0.2) is 0 Å². The SMILES string of the molecule is COC(=O)c1ccc(CN2C(=O)N/C(=C\c3cccc([N+](=O)[O-])c3OC(=O)c3ccc([N+](=O)[O-])cc3)C2=O)o1. The van der Waals surface area contributed by atoms with Crippen LogP contribution in [0.5, 0.6) is 5.75 Å². The van der Waals surface area contributed by atoms with E-state index in [9.17, 15) is 39.4 Å². The first-order valence-corrected chi connectivity index (χ1v) is 10.8. The minimum atomic E-state index is -1.05. The maximum Gasteiger partial charge on any atom is 0.373 e. The van der Waals surface area contributed by atoms with Gasteiger partial charge in [0.05, 0.1) is 29.1 Å². The third-order valence-electron chi connectivity index (χ3n) is 5.35. The van der Waals surface area contributed by atoms with E-state index in [-0.39, 0.29) is 40.6 Å². The number of furan rings is 1. The summed E-state index contributed by atoms with van der Waals surface area (Å²) in [5, 5.41) is 24.8. The van der Waals surface area contributed by atoms with E-state index < -0.39 is 45.2 Å². The van der Waals surface area contributed by atoms with Gasteiger partial charge in [0.25, 0.3) is 11.6 Å². The van der Waals surface area contributed by atoms with E-state index in [4.69, 9.17) is 9.15 Å². The van der Waals surface area contributed by atoms with E-state index >= 15 is 0 Å². The molecule has 1 fully saturated rings. The van der Waals surface area contributed by atoms with Crippen molar-refractivity contribution in [2.24, 2.45) is 0 Å². The molecule has 15 nitrogen and oxygen atoms in total. The number of nitro groups is 2. The number of benzene rings is 2. The molecule has 1 aromatic heterocycles. The lowest BCUT2D eigenvalue weighted by molar-refractivity contribution is -0.385. The molecular weight excluding hydrogens is 520 g/mol. The molecule has 3 aromatic rings. The van der Waals surface area contributed by atoms with Crippen LogP contribution in [0.2, 0.25) is 0 Å². The molecule has 198 valence electrons. The number of nitrogens with zero attached hydrogens (tertiary/aromatic N) is 3. The maximum atomic E-state index is 12.9. The van der Waals surface area contributed by atoms with Crippen molar-refractivity contribution in [3.8, 4) is 5.75 Å². The summed E-state index contributed by atoms with van der Waals surface area (Å²) in [6.45, 7) is -0.337. The van der Waals surface area contributed by atoms with Gasteiger partial charge in [-0.05, 0) is 30.3 Å². The number of para-hydroxylation sites is 1. The standard InChI is InChI=1S/C24H16N4O11/c1-37-23(31)19-10-9-16(38-19)12-26-21(29)17(25-24(26)32)11-14-3-2-4-18(28(35)36)20(14)39-22(30)13-5-7-15(8-6-13)27(33)34/h2-11H,12H2,1H3,(H,25,32)/b17-11-. The van der Waals surface area contributed by atoms with Gasteiger partial charge in [-0.1, -0.05) is 12.1 Å². The fourth-order valence-corrected chi connectivity index (χ4v) is 3.48. The summed E-state index contributed by atoms with van der Waals surface area (Å²) in [4.78, 5) is 71.4. The van der Waals surface area contributed by atoms with Gasteiger partial charge in [0.1, 0.15) is 11.5 Å². The summed E-state index contributed by atoms with van der Waals surface area (Å²) in [6.07, 6.45) is 1.09. The molecule has 15 heteroatoms. The highest BCUT2D eigenvalue weighted by atomic mass is 16.6. The van der Waals surface area contributed by atoms with Gasteiger partial charge in [-0.25, -0.2) is 14.4 Å². The summed E-state index contributed by atoms with van der Waals surface area (Å²) in [5.41, 5.74) is -1.39. The van der Waals surface area contributed by atoms with Gasteiger partial charge in [-0.15, -0.1) is 0 Å². The topological polar surface area (TPSA) is 201 Å². The first-order chi connectivity index (χ1) is 18.6. The Kier molecular flexibility index (Phi) is 7.15. The van der Waals surface area contributed by atoms with Crippen molar-refractivity contribution in [1.29, 1.82) is 0 Å². The number of amides is 3. The van der Waals surface area contributed by atoms with Gasteiger partial charge in [-0.2, -0.15) is 0 Å². The second-order valence-corrected chi connectivity index (χ2v) is 7.78. The molecule has 0 unspecified atom stereocenters. The van der Waals surface area contributed by atoms with Crippen molar-refractivity contribution in [3.05, 3.63) is 103 Å². The first kappa shape index (κ1) is 26.2. The molecule has 1 aliphatic heterocycles. The Morgan fingerprint density at radius 1 is 1.00 bits per heavy atom.